The van der Waals surface area contributed by atoms with Gasteiger partial charge in [-0.05, 0) is 6.07 Å². The summed E-state index contributed by atoms with van der Waals surface area (Å²) < 4.78 is 9.01. The Kier molecular flexibility index (Phi) is 3.75. The second-order valence-electron chi connectivity index (χ2n) is 4.40. The molecule has 0 heterocycles. The van der Waals surface area contributed by atoms with E-state index in [-0.39, 0.29) is 35.3 Å². The van der Waals surface area contributed by atoms with Crippen LogP contribution in [0.15, 0.2) is 6.07 Å². The van der Waals surface area contributed by atoms with E-state index in [9.17, 15) is 24.3 Å². The van der Waals surface area contributed by atoms with Gasteiger partial charge in [0.2, 0.25) is 0 Å². The number of ketones is 2. The minimum Gasteiger partial charge on any atom is -0.506 e. The lowest BCUT2D eigenvalue weighted by atomic mass is 9.84. The number of methoxy groups -OCH3 is 2. The molecule has 2 rings (SSSR count). The number of fused-ring (bicyclic) bond motifs is 1. The molecule has 1 aliphatic rings. The van der Waals surface area contributed by atoms with Crippen LogP contribution >= 0.6 is 0 Å². The first-order valence-corrected chi connectivity index (χ1v) is 6.05. The van der Waals surface area contributed by atoms with Crippen molar-refractivity contribution in [3.63, 3.8) is 0 Å². The molecule has 0 amide bonds. The molecule has 0 spiro atoms. The summed E-state index contributed by atoms with van der Waals surface area (Å²) in [5.74, 6) is -3.50. The summed E-state index contributed by atoms with van der Waals surface area (Å²) in [5, 5.41) is 10.1. The van der Waals surface area contributed by atoms with E-state index >= 15 is 0 Å². The number of hydrogen-bond acceptors (Lipinski definition) is 7. The van der Waals surface area contributed by atoms with E-state index in [0.29, 0.717) is 0 Å². The van der Waals surface area contributed by atoms with Crippen molar-refractivity contribution in [2.45, 2.75) is 12.8 Å². The summed E-state index contributed by atoms with van der Waals surface area (Å²) in [6, 6.07) is 1.07. The SMILES string of the molecule is COC(=O)c1cc2c(c(C(=O)OC)c1O)C(=O)CCC2=O. The van der Waals surface area contributed by atoms with Crippen molar-refractivity contribution in [2.24, 2.45) is 0 Å². The van der Waals surface area contributed by atoms with Crippen molar-refractivity contribution in [3.05, 3.63) is 28.3 Å². The molecule has 21 heavy (non-hydrogen) atoms. The van der Waals surface area contributed by atoms with Crippen LogP contribution < -0.4 is 0 Å². The third-order valence-electron chi connectivity index (χ3n) is 3.25. The van der Waals surface area contributed by atoms with Gasteiger partial charge in [0.05, 0.1) is 14.2 Å². The normalized spacial score (nSPS) is 13.6. The van der Waals surface area contributed by atoms with E-state index in [2.05, 4.69) is 9.47 Å². The van der Waals surface area contributed by atoms with Crippen LogP contribution in [0.1, 0.15) is 54.3 Å². The number of ether oxygens (including phenoxy) is 2. The molecule has 0 fully saturated rings. The molecular formula is C14H12O7. The van der Waals surface area contributed by atoms with E-state index in [1.807, 2.05) is 0 Å². The van der Waals surface area contributed by atoms with Crippen LogP contribution in [0.2, 0.25) is 0 Å². The van der Waals surface area contributed by atoms with Gasteiger partial charge < -0.3 is 14.6 Å². The smallest absolute Gasteiger partial charge is 0.342 e. The largest absolute Gasteiger partial charge is 0.506 e. The number of carbonyl (C=O) groups is 4. The molecule has 7 nitrogen and oxygen atoms in total. The summed E-state index contributed by atoms with van der Waals surface area (Å²) in [6.07, 6.45) is -0.0787. The van der Waals surface area contributed by atoms with Crippen molar-refractivity contribution in [2.75, 3.05) is 14.2 Å². The van der Waals surface area contributed by atoms with Crippen LogP contribution in [0.4, 0.5) is 0 Å². The Balaban J connectivity index is 2.85. The van der Waals surface area contributed by atoms with Gasteiger partial charge in [-0.2, -0.15) is 0 Å². The number of esters is 2. The molecule has 1 aliphatic carbocycles. The summed E-state index contributed by atoms with van der Waals surface area (Å²) in [5.41, 5.74) is -1.12. The van der Waals surface area contributed by atoms with Gasteiger partial charge in [-0.25, -0.2) is 9.59 Å². The van der Waals surface area contributed by atoms with Gasteiger partial charge in [0.25, 0.3) is 0 Å². The molecule has 0 unspecified atom stereocenters. The fraction of sp³-hybridized carbons (Fsp3) is 0.286. The van der Waals surface area contributed by atoms with E-state index in [1.54, 1.807) is 0 Å². The fourth-order valence-corrected chi connectivity index (χ4v) is 2.24. The van der Waals surface area contributed by atoms with Crippen LogP contribution in [0, 0.1) is 0 Å². The Morgan fingerprint density at radius 2 is 1.62 bits per heavy atom. The van der Waals surface area contributed by atoms with Crippen LogP contribution in [-0.4, -0.2) is 42.8 Å². The van der Waals surface area contributed by atoms with Gasteiger partial charge in [-0.1, -0.05) is 0 Å². The quantitative estimate of drug-likeness (QED) is 0.814. The van der Waals surface area contributed by atoms with Gasteiger partial charge in [0.1, 0.15) is 16.9 Å². The topological polar surface area (TPSA) is 107 Å². The molecule has 0 radical (unpaired) electrons. The minimum absolute atomic E-state index is 0.0160. The molecule has 1 aromatic rings. The van der Waals surface area contributed by atoms with Crippen molar-refractivity contribution in [3.8, 4) is 5.75 Å². The average molecular weight is 292 g/mol. The number of benzene rings is 1. The number of rotatable bonds is 2. The van der Waals surface area contributed by atoms with E-state index in [4.69, 9.17) is 0 Å². The maximum absolute atomic E-state index is 12.0. The number of phenols is 1. The van der Waals surface area contributed by atoms with Crippen LogP contribution in [0.5, 0.6) is 5.75 Å². The van der Waals surface area contributed by atoms with Gasteiger partial charge in [0.15, 0.2) is 11.6 Å². The second kappa shape index (κ2) is 5.35. The second-order valence-corrected chi connectivity index (χ2v) is 4.40. The molecule has 0 saturated heterocycles. The van der Waals surface area contributed by atoms with Crippen molar-refractivity contribution < 1.29 is 33.8 Å². The summed E-state index contributed by atoms with van der Waals surface area (Å²) in [7, 11) is 2.15. The zero-order chi connectivity index (χ0) is 15.7. The maximum Gasteiger partial charge on any atom is 0.342 e. The predicted octanol–water partition coefficient (Wildman–Crippen LogP) is 1.12. The lowest BCUT2D eigenvalue weighted by molar-refractivity contribution is 0.0588. The molecule has 1 aromatic carbocycles. The van der Waals surface area contributed by atoms with Crippen LogP contribution in [0.25, 0.3) is 0 Å². The lowest BCUT2D eigenvalue weighted by Gasteiger charge is -2.19. The third kappa shape index (κ3) is 2.26. The Morgan fingerprint density at radius 3 is 2.19 bits per heavy atom. The first-order chi connectivity index (χ1) is 9.92. The third-order valence-corrected chi connectivity index (χ3v) is 3.25. The Bertz CT molecular complexity index is 672. The highest BCUT2D eigenvalue weighted by Crippen LogP contribution is 2.34. The van der Waals surface area contributed by atoms with Gasteiger partial charge in [-0.15, -0.1) is 0 Å². The van der Waals surface area contributed by atoms with Gasteiger partial charge in [0, 0.05) is 24.0 Å². The molecule has 0 bridgehead atoms. The average Bonchev–Trinajstić information content (AvgIpc) is 2.49. The Labute approximate surface area is 119 Å². The maximum atomic E-state index is 12.0. The number of aromatic hydroxyl groups is 1. The van der Waals surface area contributed by atoms with Crippen LogP contribution in [-0.2, 0) is 9.47 Å². The van der Waals surface area contributed by atoms with Crippen molar-refractivity contribution in [1.82, 2.24) is 0 Å². The van der Waals surface area contributed by atoms with Crippen LogP contribution in [0.3, 0.4) is 0 Å². The molecule has 7 heteroatoms. The van der Waals surface area contributed by atoms with E-state index in [1.165, 1.54) is 0 Å². The monoisotopic (exact) mass is 292 g/mol. The van der Waals surface area contributed by atoms with Gasteiger partial charge >= 0.3 is 11.9 Å². The molecule has 110 valence electrons. The first-order valence-electron chi connectivity index (χ1n) is 6.05. The minimum atomic E-state index is -1.00. The van der Waals surface area contributed by atoms with E-state index in [0.717, 1.165) is 20.3 Å². The lowest BCUT2D eigenvalue weighted by Crippen LogP contribution is -2.23. The first kappa shape index (κ1) is 14.7. The molecular weight excluding hydrogens is 280 g/mol. The number of hydrogen-bond donors (Lipinski definition) is 1. The number of Topliss-reactive ketones (excluding diaryl/α,β-unsaturated/α-hetero) is 2. The fourth-order valence-electron chi connectivity index (χ4n) is 2.24. The van der Waals surface area contributed by atoms with Crippen molar-refractivity contribution in [1.29, 1.82) is 0 Å². The highest BCUT2D eigenvalue weighted by atomic mass is 16.5. The van der Waals surface area contributed by atoms with E-state index < -0.39 is 29.0 Å². The highest BCUT2D eigenvalue weighted by molar-refractivity contribution is 6.20. The molecule has 0 saturated carbocycles. The zero-order valence-electron chi connectivity index (χ0n) is 11.4. The molecule has 1 N–H and O–H groups in total. The zero-order valence-corrected chi connectivity index (χ0v) is 11.4. The predicted molar refractivity (Wildman–Crippen MR) is 68.7 cm³/mol. The number of phenolic OH excluding ortho intramolecular Hbond substituents is 1. The molecule has 0 atom stereocenters. The molecule has 0 aromatic heterocycles. The standard InChI is InChI=1S/C14H12O7/c1-20-13(18)7-5-6-8(15)3-4-9(16)10(6)11(12(7)17)14(19)21-2/h5,17H,3-4H2,1-2H3. The summed E-state index contributed by atoms with van der Waals surface area (Å²) in [4.78, 5) is 47.4. The Morgan fingerprint density at radius 1 is 1.05 bits per heavy atom. The molecule has 0 aliphatic heterocycles. The Hall–Kier alpha value is -2.70. The summed E-state index contributed by atoms with van der Waals surface area (Å²) >= 11 is 0. The van der Waals surface area contributed by atoms with Crippen molar-refractivity contribution >= 4 is 23.5 Å². The highest BCUT2D eigenvalue weighted by Gasteiger charge is 2.34. The summed E-state index contributed by atoms with van der Waals surface area (Å²) in [6.45, 7) is 0. The van der Waals surface area contributed by atoms with Gasteiger partial charge in [-0.3, -0.25) is 9.59 Å². The number of carbonyl (C=O) groups excluding carboxylic acids is 4.